The van der Waals surface area contributed by atoms with Gasteiger partial charge in [-0.25, -0.2) is 0 Å². The van der Waals surface area contributed by atoms with Crippen LogP contribution in [-0.4, -0.2) is 36.0 Å². The first kappa shape index (κ1) is 36.0. The van der Waals surface area contributed by atoms with Gasteiger partial charge in [-0.15, -0.1) is 0 Å². The van der Waals surface area contributed by atoms with E-state index in [1.165, 1.54) is 12.0 Å². The van der Waals surface area contributed by atoms with Crippen LogP contribution in [0.5, 0.6) is 11.5 Å². The van der Waals surface area contributed by atoms with E-state index in [4.69, 9.17) is 37.4 Å². The SMILES string of the molecule is CC1CC[C@H](c2ccccc2)N2Cc3cc4c(cc3CC2C(=O)O[C@@H]2C[C@H](C)CC[C@@H]12)N(C)C(=O)[C@H](c1ccc(OCc2ccc(Cl)c(Cl)c2)cc1)O4. The number of nitrogens with zero attached hydrogens (tertiary/aromatic N) is 2. The van der Waals surface area contributed by atoms with Crippen LogP contribution in [0.15, 0.2) is 84.9 Å². The first-order valence-electron chi connectivity index (χ1n) is 18.9. The number of carbonyl (C=O) groups excluding carboxylic acids is 2. The van der Waals surface area contributed by atoms with Gasteiger partial charge in [0.2, 0.25) is 6.10 Å². The average molecular weight is 754 g/mol. The van der Waals surface area contributed by atoms with Gasteiger partial charge in [-0.2, -0.15) is 0 Å². The molecule has 8 rings (SSSR count). The molecule has 1 saturated carbocycles. The maximum Gasteiger partial charge on any atom is 0.324 e. The van der Waals surface area contributed by atoms with Gasteiger partial charge in [0.05, 0.1) is 15.7 Å². The van der Waals surface area contributed by atoms with Gasteiger partial charge < -0.3 is 19.1 Å². The number of benzene rings is 4. The van der Waals surface area contributed by atoms with E-state index < -0.39 is 12.1 Å². The van der Waals surface area contributed by atoms with Crippen molar-refractivity contribution in [1.29, 1.82) is 0 Å². The summed E-state index contributed by atoms with van der Waals surface area (Å²) in [6.07, 6.45) is 4.94. The fourth-order valence-electron chi connectivity index (χ4n) is 8.94. The summed E-state index contributed by atoms with van der Waals surface area (Å²) in [4.78, 5) is 32.2. The lowest BCUT2D eigenvalue weighted by Crippen LogP contribution is -2.51. The molecule has 0 spiro atoms. The molecule has 3 aliphatic heterocycles. The minimum Gasteiger partial charge on any atom is -0.489 e. The fraction of sp³-hybridized carbons (Fsp3) is 0.409. The lowest BCUT2D eigenvalue weighted by Gasteiger charge is -2.45. The molecule has 7 nitrogen and oxygen atoms in total. The summed E-state index contributed by atoms with van der Waals surface area (Å²) >= 11 is 12.2. The van der Waals surface area contributed by atoms with Crippen LogP contribution in [0, 0.1) is 17.8 Å². The molecule has 1 amide bonds. The maximum atomic E-state index is 14.3. The number of rotatable bonds is 5. The molecular weight excluding hydrogens is 707 g/mol. The Labute approximate surface area is 322 Å². The summed E-state index contributed by atoms with van der Waals surface area (Å²) in [6.45, 7) is 5.54. The van der Waals surface area contributed by atoms with Crippen molar-refractivity contribution < 1.29 is 23.8 Å². The molecule has 2 fully saturated rings. The van der Waals surface area contributed by atoms with Gasteiger partial charge in [0.25, 0.3) is 5.91 Å². The molecular formula is C44H46Cl2N2O5. The predicted molar refractivity (Wildman–Crippen MR) is 207 cm³/mol. The van der Waals surface area contributed by atoms with Crippen molar-refractivity contribution >= 4 is 40.8 Å². The molecule has 0 radical (unpaired) electrons. The first-order chi connectivity index (χ1) is 25.6. The maximum absolute atomic E-state index is 14.3. The Morgan fingerprint density at radius 2 is 1.58 bits per heavy atom. The summed E-state index contributed by atoms with van der Waals surface area (Å²) in [5.41, 5.74) is 5.73. The molecule has 1 saturated heterocycles. The quantitative estimate of drug-likeness (QED) is 0.189. The third-order valence-corrected chi connectivity index (χ3v) is 12.8. The monoisotopic (exact) mass is 752 g/mol. The number of likely N-dealkylation sites (N-methyl/N-ethyl adjacent to an activating group) is 1. The van der Waals surface area contributed by atoms with E-state index >= 15 is 0 Å². The highest BCUT2D eigenvalue weighted by Crippen LogP contribution is 2.46. The minimum atomic E-state index is -0.806. The third-order valence-electron chi connectivity index (χ3n) is 12.0. The molecule has 9 heteroatoms. The second-order valence-electron chi connectivity index (χ2n) is 15.5. The molecule has 4 aromatic carbocycles. The second-order valence-corrected chi connectivity index (χ2v) is 16.3. The second kappa shape index (κ2) is 15.0. The molecule has 0 aromatic heterocycles. The lowest BCUT2D eigenvalue weighted by atomic mass is 9.72. The van der Waals surface area contributed by atoms with Crippen LogP contribution in [0.3, 0.4) is 0 Å². The molecule has 3 heterocycles. The van der Waals surface area contributed by atoms with Gasteiger partial charge in [0, 0.05) is 25.2 Å². The Morgan fingerprint density at radius 3 is 2.36 bits per heavy atom. The lowest BCUT2D eigenvalue weighted by molar-refractivity contribution is -0.166. The zero-order chi connectivity index (χ0) is 36.8. The molecule has 4 aliphatic rings. The standard InChI is InChI=1S/C44H46Cl2N2O5/c1-26-9-16-34-27(2)10-18-37(29-7-5-4-6-8-29)48-24-32-23-41-38(21-31(32)22-39(48)44(50)53-40(34)19-26)47(3)43(49)42(52-41)30-12-14-33(15-13-30)51-25-28-11-17-35(45)36(46)20-28/h4-8,11-15,17,20-21,23,26-27,34,37,39-40,42H,9-10,16,18-19,22,24-25H2,1-3H3/t26-,27?,34+,37-,39?,40-,42+/m1/s1. The number of hydrogen-bond acceptors (Lipinski definition) is 6. The Bertz CT molecular complexity index is 1990. The van der Waals surface area contributed by atoms with Crippen LogP contribution >= 0.6 is 23.2 Å². The van der Waals surface area contributed by atoms with Crippen LogP contribution in [0.2, 0.25) is 10.0 Å². The Balaban J connectivity index is 1.06. The van der Waals surface area contributed by atoms with Crippen molar-refractivity contribution in [3.05, 3.63) is 123 Å². The van der Waals surface area contributed by atoms with Gasteiger partial charge in [-0.05, 0) is 109 Å². The van der Waals surface area contributed by atoms with Crippen molar-refractivity contribution in [3.63, 3.8) is 0 Å². The topological polar surface area (TPSA) is 68.3 Å². The molecule has 1 aliphatic carbocycles. The number of anilines is 1. The zero-order valence-electron chi connectivity index (χ0n) is 30.5. The van der Waals surface area contributed by atoms with Gasteiger partial charge in [0.15, 0.2) is 0 Å². The van der Waals surface area contributed by atoms with Crippen molar-refractivity contribution in [2.24, 2.45) is 17.8 Å². The van der Waals surface area contributed by atoms with Gasteiger partial charge >= 0.3 is 5.97 Å². The van der Waals surface area contributed by atoms with Crippen molar-refractivity contribution in [3.8, 4) is 11.5 Å². The molecule has 0 bridgehead atoms. The Hall–Kier alpha value is -4.04. The van der Waals surface area contributed by atoms with Gasteiger partial charge in [-0.1, -0.05) is 92.0 Å². The molecule has 2 unspecified atom stereocenters. The smallest absolute Gasteiger partial charge is 0.324 e. The Morgan fingerprint density at radius 1 is 0.792 bits per heavy atom. The van der Waals surface area contributed by atoms with E-state index in [1.807, 2.05) is 42.5 Å². The Kier molecular flexibility index (Phi) is 10.2. The largest absolute Gasteiger partial charge is 0.489 e. The van der Waals surface area contributed by atoms with Gasteiger partial charge in [-0.3, -0.25) is 14.5 Å². The highest BCUT2D eigenvalue weighted by molar-refractivity contribution is 6.42. The third kappa shape index (κ3) is 7.28. The van der Waals surface area contributed by atoms with Gasteiger partial charge in [0.1, 0.15) is 30.3 Å². The van der Waals surface area contributed by atoms with Crippen LogP contribution in [0.25, 0.3) is 0 Å². The fourth-order valence-corrected chi connectivity index (χ4v) is 9.26. The number of carbonyl (C=O) groups is 2. The van der Waals surface area contributed by atoms with E-state index in [2.05, 4.69) is 49.1 Å². The molecule has 276 valence electrons. The first-order valence-corrected chi connectivity index (χ1v) is 19.7. The van der Waals surface area contributed by atoms with E-state index in [1.54, 1.807) is 24.1 Å². The highest BCUT2D eigenvalue weighted by Gasteiger charge is 2.44. The van der Waals surface area contributed by atoms with Crippen LogP contribution in [-0.2, 0) is 33.9 Å². The molecule has 7 atom stereocenters. The van der Waals surface area contributed by atoms with E-state index in [0.29, 0.717) is 64.6 Å². The summed E-state index contributed by atoms with van der Waals surface area (Å²) < 4.78 is 19.0. The van der Waals surface area contributed by atoms with E-state index in [9.17, 15) is 9.59 Å². The van der Waals surface area contributed by atoms with Crippen LogP contribution in [0.4, 0.5) is 5.69 Å². The van der Waals surface area contributed by atoms with Crippen LogP contribution in [0.1, 0.15) is 85.9 Å². The molecule has 4 aromatic rings. The zero-order valence-corrected chi connectivity index (χ0v) is 32.0. The van der Waals surface area contributed by atoms with Crippen molar-refractivity contribution in [2.45, 2.75) is 89.8 Å². The average Bonchev–Trinajstić information content (AvgIpc) is 3.16. The summed E-state index contributed by atoms with van der Waals surface area (Å²) in [5.74, 6) is 2.44. The number of esters is 1. The van der Waals surface area contributed by atoms with Crippen molar-refractivity contribution in [1.82, 2.24) is 4.90 Å². The number of ether oxygens (including phenoxy) is 3. The molecule has 0 N–H and O–H groups in total. The van der Waals surface area contributed by atoms with Crippen LogP contribution < -0.4 is 14.4 Å². The predicted octanol–water partition coefficient (Wildman–Crippen LogP) is 9.91. The normalized spacial score (nSPS) is 27.3. The number of hydrogen-bond donors (Lipinski definition) is 0. The summed E-state index contributed by atoms with van der Waals surface area (Å²) in [7, 11) is 1.79. The number of fused-ring (bicyclic) bond motifs is 4. The minimum absolute atomic E-state index is 0.0430. The summed E-state index contributed by atoms with van der Waals surface area (Å²) in [6, 6.07) is 27.2. The highest BCUT2D eigenvalue weighted by atomic mass is 35.5. The molecule has 53 heavy (non-hydrogen) atoms. The van der Waals surface area contributed by atoms with E-state index in [-0.39, 0.29) is 24.0 Å². The number of amides is 1. The number of halogens is 2. The van der Waals surface area contributed by atoms with Crippen molar-refractivity contribution in [2.75, 3.05) is 11.9 Å². The van der Waals surface area contributed by atoms with E-state index in [0.717, 1.165) is 47.9 Å². The summed E-state index contributed by atoms with van der Waals surface area (Å²) in [5, 5.41) is 0.980.